The number of aryl methyl sites for hydroxylation is 1. The average Bonchev–Trinajstić information content (AvgIpc) is 3.32. The monoisotopic (exact) mass is 379 g/mol. The highest BCUT2D eigenvalue weighted by atomic mass is 16.5. The molecule has 1 fully saturated rings. The maximum Gasteiger partial charge on any atom is 0.326 e. The Balaban J connectivity index is 1.47. The number of nitrogens with zero attached hydrogens (tertiary/aromatic N) is 3. The van der Waals surface area contributed by atoms with Crippen LogP contribution >= 0.6 is 0 Å². The first kappa shape index (κ1) is 18.0. The van der Waals surface area contributed by atoms with E-state index < -0.39 is 12.0 Å². The van der Waals surface area contributed by atoms with Gasteiger partial charge in [0.05, 0.1) is 5.69 Å². The first-order valence-corrected chi connectivity index (χ1v) is 9.22. The summed E-state index contributed by atoms with van der Waals surface area (Å²) in [7, 11) is 0. The molecule has 4 rings (SSSR count). The SMILES string of the molecule is Cc1ccc2nc(COc3cccc(C(=O)N4CCC[C@@H]4C(=O)O)c3)cn2c1. The van der Waals surface area contributed by atoms with E-state index in [1.807, 2.05) is 35.9 Å². The summed E-state index contributed by atoms with van der Waals surface area (Å²) in [5, 5.41) is 9.29. The number of carboxylic acid groups (broad SMARTS) is 1. The number of imidazole rings is 1. The molecule has 0 radical (unpaired) electrons. The number of fused-ring (bicyclic) bond motifs is 1. The number of carbonyl (C=O) groups excluding carboxylic acids is 1. The number of hydrogen-bond donors (Lipinski definition) is 1. The van der Waals surface area contributed by atoms with Crippen molar-refractivity contribution in [2.75, 3.05) is 6.54 Å². The third-order valence-electron chi connectivity index (χ3n) is 4.92. The fourth-order valence-electron chi connectivity index (χ4n) is 3.53. The summed E-state index contributed by atoms with van der Waals surface area (Å²) >= 11 is 0. The number of aromatic nitrogens is 2. The second kappa shape index (κ2) is 7.34. The number of carboxylic acids is 1. The Hall–Kier alpha value is -3.35. The molecule has 7 heteroatoms. The number of ether oxygens (including phenoxy) is 1. The Bertz CT molecular complexity index is 1040. The van der Waals surface area contributed by atoms with Gasteiger partial charge < -0.3 is 19.1 Å². The van der Waals surface area contributed by atoms with Crippen molar-refractivity contribution in [3.05, 3.63) is 65.6 Å². The first-order chi connectivity index (χ1) is 13.5. The standard InChI is InChI=1S/C21H21N3O4/c1-14-7-8-19-22-16(12-23(19)11-14)13-28-17-5-2-4-15(10-17)20(25)24-9-3-6-18(24)21(26)27/h2,4-5,7-8,10-12,18H,3,6,9,13H2,1H3,(H,26,27)/t18-/m1/s1. The fourth-order valence-corrected chi connectivity index (χ4v) is 3.53. The van der Waals surface area contributed by atoms with Gasteiger partial charge in [-0.15, -0.1) is 0 Å². The molecule has 1 N–H and O–H groups in total. The molecule has 1 aliphatic rings. The Morgan fingerprint density at radius 1 is 1.25 bits per heavy atom. The lowest BCUT2D eigenvalue weighted by molar-refractivity contribution is -0.141. The highest BCUT2D eigenvalue weighted by Crippen LogP contribution is 2.23. The highest BCUT2D eigenvalue weighted by Gasteiger charge is 2.34. The predicted molar refractivity (Wildman–Crippen MR) is 102 cm³/mol. The van der Waals surface area contributed by atoms with Gasteiger partial charge in [0, 0.05) is 24.5 Å². The van der Waals surface area contributed by atoms with Crippen LogP contribution in [0.15, 0.2) is 48.8 Å². The molecule has 2 aromatic heterocycles. The van der Waals surface area contributed by atoms with Crippen LogP contribution in [0.2, 0.25) is 0 Å². The van der Waals surface area contributed by atoms with Gasteiger partial charge in [-0.3, -0.25) is 4.79 Å². The number of aliphatic carboxylic acids is 1. The first-order valence-electron chi connectivity index (χ1n) is 9.22. The molecule has 1 amide bonds. The molecule has 0 unspecified atom stereocenters. The largest absolute Gasteiger partial charge is 0.487 e. The topological polar surface area (TPSA) is 84.1 Å². The van der Waals surface area contributed by atoms with Crippen molar-refractivity contribution < 1.29 is 19.4 Å². The number of rotatable bonds is 5. The van der Waals surface area contributed by atoms with Crippen molar-refractivity contribution in [3.63, 3.8) is 0 Å². The predicted octanol–water partition coefficient (Wildman–Crippen LogP) is 2.91. The highest BCUT2D eigenvalue weighted by molar-refractivity contribution is 5.97. The Morgan fingerprint density at radius 2 is 2.11 bits per heavy atom. The molecule has 3 aromatic rings. The lowest BCUT2D eigenvalue weighted by atomic mass is 10.1. The molecule has 0 spiro atoms. The van der Waals surface area contributed by atoms with Crippen LogP contribution in [0.25, 0.3) is 5.65 Å². The summed E-state index contributed by atoms with van der Waals surface area (Å²) in [6, 6.07) is 10.0. The number of hydrogen-bond acceptors (Lipinski definition) is 4. The van der Waals surface area contributed by atoms with Crippen molar-refractivity contribution in [1.82, 2.24) is 14.3 Å². The zero-order chi connectivity index (χ0) is 19.7. The molecule has 0 bridgehead atoms. The van der Waals surface area contributed by atoms with Gasteiger partial charge in [-0.05, 0) is 49.6 Å². The lowest BCUT2D eigenvalue weighted by Crippen LogP contribution is -2.40. The van der Waals surface area contributed by atoms with Crippen LogP contribution in [0.5, 0.6) is 5.75 Å². The lowest BCUT2D eigenvalue weighted by Gasteiger charge is -2.21. The van der Waals surface area contributed by atoms with E-state index >= 15 is 0 Å². The Morgan fingerprint density at radius 3 is 2.93 bits per heavy atom. The van der Waals surface area contributed by atoms with Gasteiger partial charge >= 0.3 is 5.97 Å². The number of likely N-dealkylation sites (tertiary alicyclic amines) is 1. The van der Waals surface area contributed by atoms with Crippen molar-refractivity contribution >= 4 is 17.5 Å². The number of pyridine rings is 1. The van der Waals surface area contributed by atoms with Crippen LogP contribution in [0.4, 0.5) is 0 Å². The maximum absolute atomic E-state index is 12.7. The molecular weight excluding hydrogens is 358 g/mol. The molecular formula is C21H21N3O4. The number of benzene rings is 1. The zero-order valence-corrected chi connectivity index (χ0v) is 15.5. The van der Waals surface area contributed by atoms with Crippen LogP contribution in [-0.4, -0.2) is 43.9 Å². The van der Waals surface area contributed by atoms with Crippen LogP contribution in [-0.2, 0) is 11.4 Å². The molecule has 144 valence electrons. The van der Waals surface area contributed by atoms with Gasteiger partial charge in [-0.1, -0.05) is 12.1 Å². The minimum Gasteiger partial charge on any atom is -0.487 e. The van der Waals surface area contributed by atoms with Gasteiger partial charge in [0.2, 0.25) is 0 Å². The van der Waals surface area contributed by atoms with Gasteiger partial charge in [-0.25, -0.2) is 9.78 Å². The van der Waals surface area contributed by atoms with Crippen molar-refractivity contribution in [3.8, 4) is 5.75 Å². The third-order valence-corrected chi connectivity index (χ3v) is 4.92. The number of carbonyl (C=O) groups is 2. The zero-order valence-electron chi connectivity index (χ0n) is 15.5. The summed E-state index contributed by atoms with van der Waals surface area (Å²) in [4.78, 5) is 30.0. The van der Waals surface area contributed by atoms with E-state index in [2.05, 4.69) is 4.98 Å². The Labute approximate surface area is 162 Å². The summed E-state index contributed by atoms with van der Waals surface area (Å²) < 4.78 is 7.77. The Kier molecular flexibility index (Phi) is 4.73. The second-order valence-corrected chi connectivity index (χ2v) is 7.02. The molecule has 1 aromatic carbocycles. The molecule has 28 heavy (non-hydrogen) atoms. The molecule has 1 saturated heterocycles. The van der Waals surface area contributed by atoms with Gasteiger partial charge in [0.15, 0.2) is 0 Å². The fraction of sp³-hybridized carbons (Fsp3) is 0.286. The van der Waals surface area contributed by atoms with Gasteiger partial charge in [0.1, 0.15) is 24.0 Å². The van der Waals surface area contributed by atoms with Gasteiger partial charge in [-0.2, -0.15) is 0 Å². The molecule has 3 heterocycles. The van der Waals surface area contributed by atoms with Crippen LogP contribution in [0, 0.1) is 6.92 Å². The second-order valence-electron chi connectivity index (χ2n) is 7.02. The van der Waals surface area contributed by atoms with E-state index in [4.69, 9.17) is 4.74 Å². The van der Waals surface area contributed by atoms with E-state index in [1.165, 1.54) is 4.90 Å². The minimum atomic E-state index is -0.958. The summed E-state index contributed by atoms with van der Waals surface area (Å²) in [6.07, 6.45) is 5.11. The quantitative estimate of drug-likeness (QED) is 0.737. The smallest absolute Gasteiger partial charge is 0.326 e. The van der Waals surface area contributed by atoms with E-state index in [-0.39, 0.29) is 12.5 Å². The van der Waals surface area contributed by atoms with Crippen LogP contribution in [0.1, 0.15) is 34.5 Å². The molecule has 0 saturated carbocycles. The normalized spacial score (nSPS) is 16.5. The molecule has 0 aliphatic carbocycles. The van der Waals surface area contributed by atoms with Gasteiger partial charge in [0.25, 0.3) is 5.91 Å². The van der Waals surface area contributed by atoms with Crippen LogP contribution in [0.3, 0.4) is 0 Å². The molecule has 7 nitrogen and oxygen atoms in total. The van der Waals surface area contributed by atoms with Crippen molar-refractivity contribution in [1.29, 1.82) is 0 Å². The van der Waals surface area contributed by atoms with Crippen molar-refractivity contribution in [2.24, 2.45) is 0 Å². The average molecular weight is 379 g/mol. The summed E-state index contributed by atoms with van der Waals surface area (Å²) in [5.74, 6) is -0.691. The summed E-state index contributed by atoms with van der Waals surface area (Å²) in [5.41, 5.74) is 3.20. The van der Waals surface area contributed by atoms with E-state index in [1.54, 1.807) is 24.3 Å². The van der Waals surface area contributed by atoms with Crippen LogP contribution < -0.4 is 4.74 Å². The molecule has 1 aliphatic heterocycles. The van der Waals surface area contributed by atoms with Crippen molar-refractivity contribution in [2.45, 2.75) is 32.4 Å². The van der Waals surface area contributed by atoms with E-state index in [0.717, 1.165) is 16.9 Å². The maximum atomic E-state index is 12.7. The summed E-state index contributed by atoms with van der Waals surface area (Å²) in [6.45, 7) is 2.76. The minimum absolute atomic E-state index is 0.278. The van der Waals surface area contributed by atoms with E-state index in [9.17, 15) is 14.7 Å². The molecule has 1 atom stereocenters. The number of amides is 1. The van der Waals surface area contributed by atoms with E-state index in [0.29, 0.717) is 30.7 Å². The third kappa shape index (κ3) is 3.55.